The molecule has 2 N–H and O–H groups in total. The SMILES string of the molecule is Cn1c(O)c2n(c1=S)[C@H](c1cc(Cl)cc(Cl)c1)c1[nH]c3ccccc3c1C2. The minimum atomic E-state index is -0.244. The molecule has 136 valence electrons. The van der Waals surface area contributed by atoms with Crippen molar-refractivity contribution in [2.24, 2.45) is 7.05 Å². The van der Waals surface area contributed by atoms with E-state index in [1.165, 1.54) is 0 Å². The molecule has 5 rings (SSSR count). The summed E-state index contributed by atoms with van der Waals surface area (Å²) >= 11 is 18.2. The van der Waals surface area contributed by atoms with E-state index in [9.17, 15) is 5.11 Å². The molecule has 0 saturated carbocycles. The molecule has 0 fully saturated rings. The lowest BCUT2D eigenvalue weighted by Gasteiger charge is -2.27. The van der Waals surface area contributed by atoms with E-state index in [1.54, 1.807) is 17.7 Å². The van der Waals surface area contributed by atoms with E-state index in [2.05, 4.69) is 17.1 Å². The van der Waals surface area contributed by atoms with Crippen LogP contribution in [0.25, 0.3) is 10.9 Å². The van der Waals surface area contributed by atoms with Gasteiger partial charge in [0.15, 0.2) is 4.77 Å². The summed E-state index contributed by atoms with van der Waals surface area (Å²) in [6, 6.07) is 13.4. The van der Waals surface area contributed by atoms with Gasteiger partial charge >= 0.3 is 0 Å². The molecule has 0 unspecified atom stereocenters. The second kappa shape index (κ2) is 5.89. The third kappa shape index (κ3) is 2.39. The lowest BCUT2D eigenvalue weighted by atomic mass is 9.93. The first kappa shape index (κ1) is 16.9. The molecular weight excluding hydrogens is 401 g/mol. The molecule has 1 aliphatic rings. The van der Waals surface area contributed by atoms with E-state index in [1.807, 2.05) is 28.8 Å². The van der Waals surface area contributed by atoms with Crippen molar-refractivity contribution in [2.75, 3.05) is 0 Å². The van der Waals surface area contributed by atoms with Crippen LogP contribution in [-0.4, -0.2) is 19.2 Å². The van der Waals surface area contributed by atoms with Crippen LogP contribution in [0.3, 0.4) is 0 Å². The quantitative estimate of drug-likeness (QED) is 0.350. The molecule has 0 saturated heterocycles. The van der Waals surface area contributed by atoms with E-state index in [0.717, 1.165) is 33.4 Å². The van der Waals surface area contributed by atoms with Gasteiger partial charge in [0, 0.05) is 40.1 Å². The van der Waals surface area contributed by atoms with E-state index in [4.69, 9.17) is 35.4 Å². The lowest BCUT2D eigenvalue weighted by molar-refractivity contribution is 0.424. The molecule has 2 aromatic carbocycles. The molecule has 7 heteroatoms. The van der Waals surface area contributed by atoms with Crippen molar-refractivity contribution in [2.45, 2.75) is 12.5 Å². The Labute approximate surface area is 170 Å². The third-order valence-corrected chi connectivity index (χ3v) is 6.19. The Morgan fingerprint density at radius 1 is 1.15 bits per heavy atom. The van der Waals surface area contributed by atoms with Crippen LogP contribution >= 0.6 is 35.4 Å². The van der Waals surface area contributed by atoms with Gasteiger partial charge in [-0.05, 0) is 47.6 Å². The first-order valence-corrected chi connectivity index (χ1v) is 9.66. The van der Waals surface area contributed by atoms with Crippen LogP contribution in [0.2, 0.25) is 10.0 Å². The molecule has 3 heterocycles. The summed E-state index contributed by atoms with van der Waals surface area (Å²) < 4.78 is 4.18. The number of benzene rings is 2. The molecule has 27 heavy (non-hydrogen) atoms. The number of hydrogen-bond acceptors (Lipinski definition) is 2. The van der Waals surface area contributed by atoms with Crippen molar-refractivity contribution >= 4 is 46.3 Å². The predicted molar refractivity (Wildman–Crippen MR) is 111 cm³/mol. The molecular formula is C20H15Cl2N3OS. The summed E-state index contributed by atoms with van der Waals surface area (Å²) in [6.07, 6.45) is 0.598. The summed E-state index contributed by atoms with van der Waals surface area (Å²) in [4.78, 5) is 3.56. The number of para-hydroxylation sites is 1. The smallest absolute Gasteiger partial charge is 0.213 e. The van der Waals surface area contributed by atoms with Gasteiger partial charge < -0.3 is 14.7 Å². The number of fused-ring (bicyclic) bond motifs is 4. The average Bonchev–Trinajstić information content (AvgIpc) is 3.11. The maximum Gasteiger partial charge on any atom is 0.213 e. The highest BCUT2D eigenvalue weighted by atomic mass is 35.5. The summed E-state index contributed by atoms with van der Waals surface area (Å²) in [5, 5.41) is 13.0. The lowest BCUT2D eigenvalue weighted by Crippen LogP contribution is -2.21. The van der Waals surface area contributed by atoms with Crippen LogP contribution in [0.5, 0.6) is 5.88 Å². The van der Waals surface area contributed by atoms with Crippen molar-refractivity contribution in [3.8, 4) is 5.88 Å². The monoisotopic (exact) mass is 415 g/mol. The topological polar surface area (TPSA) is 45.9 Å². The number of H-pyrrole nitrogens is 1. The van der Waals surface area contributed by atoms with Gasteiger partial charge in [-0.2, -0.15) is 0 Å². The van der Waals surface area contributed by atoms with Crippen LogP contribution in [0, 0.1) is 4.77 Å². The van der Waals surface area contributed by atoms with Crippen molar-refractivity contribution in [1.82, 2.24) is 14.1 Å². The number of halogens is 2. The van der Waals surface area contributed by atoms with Crippen molar-refractivity contribution in [1.29, 1.82) is 0 Å². The Bertz CT molecular complexity index is 1260. The highest BCUT2D eigenvalue weighted by Crippen LogP contribution is 2.43. The van der Waals surface area contributed by atoms with E-state index in [0.29, 0.717) is 21.2 Å². The van der Waals surface area contributed by atoms with Gasteiger partial charge in [0.2, 0.25) is 5.88 Å². The molecule has 4 aromatic rings. The first-order chi connectivity index (χ1) is 13.0. The fraction of sp³-hybridized carbons (Fsp3) is 0.150. The number of nitrogens with one attached hydrogen (secondary N) is 1. The zero-order valence-electron chi connectivity index (χ0n) is 14.3. The van der Waals surface area contributed by atoms with Crippen LogP contribution in [0.15, 0.2) is 42.5 Å². The number of aromatic amines is 1. The molecule has 0 spiro atoms. The van der Waals surface area contributed by atoms with Crippen molar-refractivity contribution in [3.05, 3.63) is 79.8 Å². The number of aromatic nitrogens is 3. The second-order valence-electron chi connectivity index (χ2n) is 6.83. The predicted octanol–water partition coefficient (Wildman–Crippen LogP) is 5.59. The van der Waals surface area contributed by atoms with Crippen molar-refractivity contribution < 1.29 is 5.11 Å². The largest absolute Gasteiger partial charge is 0.493 e. The average molecular weight is 416 g/mol. The number of nitrogens with zero attached hydrogens (tertiary/aromatic N) is 2. The van der Waals surface area contributed by atoms with E-state index in [-0.39, 0.29) is 11.9 Å². The molecule has 1 aliphatic heterocycles. The third-order valence-electron chi connectivity index (χ3n) is 5.28. The van der Waals surface area contributed by atoms with E-state index < -0.39 is 0 Å². The number of rotatable bonds is 1. The fourth-order valence-electron chi connectivity index (χ4n) is 4.09. The van der Waals surface area contributed by atoms with Crippen LogP contribution in [0.1, 0.15) is 28.6 Å². The molecule has 0 bridgehead atoms. The Balaban J connectivity index is 1.89. The Morgan fingerprint density at radius 3 is 2.59 bits per heavy atom. The van der Waals surface area contributed by atoms with Crippen LogP contribution < -0.4 is 0 Å². The van der Waals surface area contributed by atoms with Gasteiger partial charge in [-0.25, -0.2) is 0 Å². The van der Waals surface area contributed by atoms with Crippen molar-refractivity contribution in [3.63, 3.8) is 0 Å². The number of aromatic hydroxyl groups is 1. The highest BCUT2D eigenvalue weighted by molar-refractivity contribution is 7.71. The number of imidazole rings is 1. The minimum Gasteiger partial charge on any atom is -0.493 e. The summed E-state index contributed by atoms with van der Waals surface area (Å²) in [6.45, 7) is 0. The van der Waals surface area contributed by atoms with Gasteiger partial charge in [-0.1, -0.05) is 41.4 Å². The summed E-state index contributed by atoms with van der Waals surface area (Å²) in [5.41, 5.74) is 4.97. The second-order valence-corrected chi connectivity index (χ2v) is 8.06. The first-order valence-electron chi connectivity index (χ1n) is 8.50. The zero-order chi connectivity index (χ0) is 18.9. The standard InChI is InChI=1S/C20H15Cl2N3OS/c1-24-19(26)16-9-14-13-4-2-3-5-15(13)23-17(14)18(25(16)20(24)27)10-6-11(21)8-12(22)7-10/h2-8,18,23,26H,9H2,1H3/t18-/m1/s1. The Hall–Kier alpha value is -2.21. The number of hydrogen-bond donors (Lipinski definition) is 2. The molecule has 0 amide bonds. The minimum absolute atomic E-state index is 0.189. The van der Waals surface area contributed by atoms with Gasteiger partial charge in [-0.15, -0.1) is 0 Å². The normalized spacial score (nSPS) is 15.7. The maximum atomic E-state index is 10.7. The van der Waals surface area contributed by atoms with Gasteiger partial charge in [0.1, 0.15) is 6.04 Å². The zero-order valence-corrected chi connectivity index (χ0v) is 16.7. The molecule has 1 atom stereocenters. The van der Waals surface area contributed by atoms with E-state index >= 15 is 0 Å². The Kier molecular flexibility index (Phi) is 3.69. The summed E-state index contributed by atoms with van der Waals surface area (Å²) in [7, 11) is 1.78. The highest BCUT2D eigenvalue weighted by Gasteiger charge is 2.33. The molecule has 0 aliphatic carbocycles. The Morgan fingerprint density at radius 2 is 1.85 bits per heavy atom. The molecule has 4 nitrogen and oxygen atoms in total. The van der Waals surface area contributed by atoms with Crippen LogP contribution in [0.4, 0.5) is 0 Å². The van der Waals surface area contributed by atoms with Crippen LogP contribution in [-0.2, 0) is 13.5 Å². The molecule has 0 radical (unpaired) electrons. The molecule has 2 aromatic heterocycles. The fourth-order valence-corrected chi connectivity index (χ4v) is 4.93. The van der Waals surface area contributed by atoms with Gasteiger partial charge in [0.25, 0.3) is 0 Å². The maximum absolute atomic E-state index is 10.7. The van der Waals surface area contributed by atoms with Gasteiger partial charge in [-0.3, -0.25) is 4.57 Å². The summed E-state index contributed by atoms with van der Waals surface area (Å²) in [5.74, 6) is 0.189. The van der Waals surface area contributed by atoms with Gasteiger partial charge in [0.05, 0.1) is 5.69 Å².